The lowest BCUT2D eigenvalue weighted by Crippen LogP contribution is -2.68. The summed E-state index contributed by atoms with van der Waals surface area (Å²) in [5, 5.41) is -0.269. The number of hydrogen-bond acceptors (Lipinski definition) is 7. The van der Waals surface area contributed by atoms with Crippen LogP contribution in [0.25, 0.3) is 0 Å². The number of amides is 1. The zero-order valence-electron chi connectivity index (χ0n) is 14.6. The summed E-state index contributed by atoms with van der Waals surface area (Å²) in [5.74, 6) is -0.987. The maximum atomic E-state index is 12.5. The van der Waals surface area contributed by atoms with E-state index in [4.69, 9.17) is 8.92 Å². The molecule has 1 aromatic rings. The summed E-state index contributed by atoms with van der Waals surface area (Å²) in [6.45, 7) is 4.73. The fourth-order valence-electron chi connectivity index (χ4n) is 2.96. The Kier molecular flexibility index (Phi) is 5.48. The minimum Gasteiger partial charge on any atom is -0.436 e. The van der Waals surface area contributed by atoms with Crippen LogP contribution in [0.3, 0.4) is 0 Å². The van der Waals surface area contributed by atoms with Crippen molar-refractivity contribution in [3.05, 3.63) is 29.8 Å². The molecule has 7 nitrogen and oxygen atoms in total. The van der Waals surface area contributed by atoms with Gasteiger partial charge in [0.15, 0.2) is 3.23 Å². The summed E-state index contributed by atoms with van der Waals surface area (Å²) in [5.41, 5.74) is 0.907. The number of carbonyl (C=O) groups excluding carboxylic acids is 2. The van der Waals surface area contributed by atoms with Gasteiger partial charge in [-0.05, 0) is 32.9 Å². The Balaban J connectivity index is 1.64. The smallest absolute Gasteiger partial charge is 0.332 e. The van der Waals surface area contributed by atoms with E-state index in [1.807, 2.05) is 20.8 Å². The van der Waals surface area contributed by atoms with E-state index < -0.39 is 36.9 Å². The van der Waals surface area contributed by atoms with Crippen molar-refractivity contribution in [2.24, 2.45) is 0 Å². The molecular formula is C16H17Br2NO6S2. The van der Waals surface area contributed by atoms with E-state index in [1.165, 1.54) is 28.8 Å². The highest BCUT2D eigenvalue weighted by molar-refractivity contribution is 9.26. The fraction of sp³-hybridized carbons (Fsp3) is 0.500. The number of aryl methyl sites for hydroxylation is 1. The second kappa shape index (κ2) is 7.01. The van der Waals surface area contributed by atoms with Crippen LogP contribution < -0.4 is 0 Å². The molecule has 27 heavy (non-hydrogen) atoms. The van der Waals surface area contributed by atoms with Gasteiger partial charge in [-0.3, -0.25) is 4.79 Å². The van der Waals surface area contributed by atoms with Crippen molar-refractivity contribution >= 4 is 65.6 Å². The van der Waals surface area contributed by atoms with E-state index in [1.54, 1.807) is 12.1 Å². The first-order valence-corrected chi connectivity index (χ1v) is 11.8. The lowest BCUT2D eigenvalue weighted by atomic mass is 9.98. The lowest BCUT2D eigenvalue weighted by molar-refractivity contribution is -0.165. The van der Waals surface area contributed by atoms with Crippen molar-refractivity contribution in [3.8, 4) is 0 Å². The van der Waals surface area contributed by atoms with Crippen LogP contribution in [0.4, 0.5) is 0 Å². The number of hydrogen-bond donors (Lipinski definition) is 0. The molecule has 1 aromatic carbocycles. The molecule has 2 fully saturated rings. The first kappa shape index (κ1) is 21.1. The highest BCUT2D eigenvalue weighted by Crippen LogP contribution is 2.60. The average molecular weight is 543 g/mol. The number of β-lactam (4-membered cyclic amide) rings is 1. The standard InChI is InChI=1S/C16H17Br2NO6S2/c1-9-4-6-10(7-5-9)27(22,23)25-8-24-12(20)11-15(2,3)26-14-16(17,18)13(21)19(11)14/h4-7,11,14H,8H2,1-3H3/t11-,14+/m0/s1. The first-order chi connectivity index (χ1) is 12.4. The van der Waals surface area contributed by atoms with Crippen LogP contribution in [0.1, 0.15) is 19.4 Å². The number of fused-ring (bicyclic) bond motifs is 1. The molecule has 0 aromatic heterocycles. The van der Waals surface area contributed by atoms with Crippen LogP contribution in [0.5, 0.6) is 0 Å². The van der Waals surface area contributed by atoms with Crippen LogP contribution in [-0.4, -0.2) is 51.4 Å². The van der Waals surface area contributed by atoms with Gasteiger partial charge in [-0.1, -0.05) is 49.6 Å². The molecule has 0 radical (unpaired) electrons. The predicted molar refractivity (Wildman–Crippen MR) is 107 cm³/mol. The van der Waals surface area contributed by atoms with Crippen molar-refractivity contribution in [2.75, 3.05) is 6.79 Å². The van der Waals surface area contributed by atoms with Crippen molar-refractivity contribution < 1.29 is 26.9 Å². The van der Waals surface area contributed by atoms with E-state index >= 15 is 0 Å². The number of ether oxygens (including phenoxy) is 1. The molecule has 148 valence electrons. The predicted octanol–water partition coefficient (Wildman–Crippen LogP) is 2.75. The molecule has 0 spiro atoms. The van der Waals surface area contributed by atoms with E-state index in [2.05, 4.69) is 31.9 Å². The van der Waals surface area contributed by atoms with Crippen molar-refractivity contribution in [1.29, 1.82) is 0 Å². The van der Waals surface area contributed by atoms with Crippen LogP contribution >= 0.6 is 43.6 Å². The van der Waals surface area contributed by atoms with E-state index in [9.17, 15) is 18.0 Å². The second-order valence-electron chi connectivity index (χ2n) is 6.78. The van der Waals surface area contributed by atoms with Crippen LogP contribution in [-0.2, 0) is 28.6 Å². The molecular weight excluding hydrogens is 526 g/mol. The van der Waals surface area contributed by atoms with Gasteiger partial charge in [-0.15, -0.1) is 11.8 Å². The lowest BCUT2D eigenvalue weighted by Gasteiger charge is -2.46. The summed E-state index contributed by atoms with van der Waals surface area (Å²) in [7, 11) is -4.04. The minimum absolute atomic E-state index is 0.0257. The van der Waals surface area contributed by atoms with Gasteiger partial charge in [0.25, 0.3) is 16.0 Å². The molecule has 1 amide bonds. The SMILES string of the molecule is Cc1ccc(S(=O)(=O)OCOC(=O)[C@@H]2N3C(=O)C(Br)(Br)[C@H]3SC2(C)C)cc1. The molecule has 0 aliphatic carbocycles. The number of alkyl halides is 2. The van der Waals surface area contributed by atoms with Crippen molar-refractivity contribution in [1.82, 2.24) is 4.90 Å². The minimum atomic E-state index is -4.04. The number of benzene rings is 1. The number of carbonyl (C=O) groups is 2. The number of halogens is 2. The van der Waals surface area contributed by atoms with Crippen LogP contribution in [0, 0.1) is 6.92 Å². The third-order valence-electron chi connectivity index (χ3n) is 4.37. The third kappa shape index (κ3) is 3.68. The second-order valence-corrected chi connectivity index (χ2v) is 13.7. The van der Waals surface area contributed by atoms with Gasteiger partial charge in [-0.2, -0.15) is 8.42 Å². The number of nitrogens with zero attached hydrogens (tertiary/aromatic N) is 1. The molecule has 0 unspecified atom stereocenters. The van der Waals surface area contributed by atoms with Gasteiger partial charge >= 0.3 is 5.97 Å². The number of esters is 1. The summed E-state index contributed by atoms with van der Waals surface area (Å²) in [6, 6.07) is 5.27. The van der Waals surface area contributed by atoms with Crippen molar-refractivity contribution in [2.45, 2.75) is 45.1 Å². The maximum absolute atomic E-state index is 12.5. The first-order valence-electron chi connectivity index (χ1n) is 7.89. The average Bonchev–Trinajstić information content (AvgIpc) is 2.84. The Morgan fingerprint density at radius 3 is 2.44 bits per heavy atom. The highest BCUT2D eigenvalue weighted by atomic mass is 79.9. The van der Waals surface area contributed by atoms with E-state index in [0.29, 0.717) is 0 Å². The molecule has 0 N–H and O–H groups in total. The largest absolute Gasteiger partial charge is 0.436 e. The normalized spacial score (nSPS) is 25.7. The molecule has 3 rings (SSSR count). The molecule has 0 saturated carbocycles. The third-order valence-corrected chi connectivity index (χ3v) is 9.41. The van der Waals surface area contributed by atoms with Gasteiger partial charge in [0.2, 0.25) is 6.79 Å². The molecule has 11 heteroatoms. The van der Waals surface area contributed by atoms with Crippen LogP contribution in [0.15, 0.2) is 29.2 Å². The highest BCUT2D eigenvalue weighted by Gasteiger charge is 2.70. The van der Waals surface area contributed by atoms with Gasteiger partial charge in [0.1, 0.15) is 11.4 Å². The number of thioether (sulfide) groups is 1. The molecule has 2 atom stereocenters. The molecule has 2 aliphatic heterocycles. The molecule has 2 heterocycles. The molecule has 2 aliphatic rings. The summed E-state index contributed by atoms with van der Waals surface area (Å²) in [4.78, 5) is 26.2. The summed E-state index contributed by atoms with van der Waals surface area (Å²) < 4.78 is 32.6. The molecule has 2 saturated heterocycles. The van der Waals surface area contributed by atoms with Gasteiger partial charge in [0, 0.05) is 4.75 Å². The fourth-order valence-corrected chi connectivity index (χ4v) is 6.64. The monoisotopic (exact) mass is 541 g/mol. The Morgan fingerprint density at radius 1 is 1.26 bits per heavy atom. The van der Waals surface area contributed by atoms with E-state index in [-0.39, 0.29) is 16.2 Å². The number of rotatable bonds is 5. The zero-order valence-corrected chi connectivity index (χ0v) is 19.4. The van der Waals surface area contributed by atoms with Crippen LogP contribution in [0.2, 0.25) is 0 Å². The molecule has 0 bridgehead atoms. The van der Waals surface area contributed by atoms with Gasteiger partial charge < -0.3 is 9.64 Å². The zero-order chi connectivity index (χ0) is 20.2. The summed E-state index contributed by atoms with van der Waals surface area (Å²) in [6.07, 6.45) is 0. The van der Waals surface area contributed by atoms with E-state index in [0.717, 1.165) is 5.56 Å². The Labute approximate surface area is 178 Å². The quantitative estimate of drug-likeness (QED) is 0.186. The maximum Gasteiger partial charge on any atom is 0.332 e. The van der Waals surface area contributed by atoms with Gasteiger partial charge in [0.05, 0.1) is 4.90 Å². The summed E-state index contributed by atoms with van der Waals surface area (Å²) >= 11 is 8.10. The van der Waals surface area contributed by atoms with Crippen molar-refractivity contribution in [3.63, 3.8) is 0 Å². The topological polar surface area (TPSA) is 90.0 Å². The Bertz CT molecular complexity index is 885. The Morgan fingerprint density at radius 2 is 1.85 bits per heavy atom. The van der Waals surface area contributed by atoms with Gasteiger partial charge in [-0.25, -0.2) is 8.98 Å². The Hall–Kier alpha value is -0.620.